The number of hydrogen-bond acceptors (Lipinski definition) is 1. The molecule has 0 radical (unpaired) electrons. The minimum Gasteiger partial charge on any atom is -0.253 e. The zero-order valence-electron chi connectivity index (χ0n) is 15.5. The molecule has 0 aliphatic rings. The van der Waals surface area contributed by atoms with E-state index >= 15 is 0 Å². The van der Waals surface area contributed by atoms with Gasteiger partial charge in [-0.15, -0.1) is 0 Å². The Morgan fingerprint density at radius 2 is 0.781 bits per heavy atom. The molecule has 0 aromatic rings. The third-order valence-corrected chi connectivity index (χ3v) is 4.10. The molecular weight excluding hydrogens is 505 g/mol. The number of nitrogens with one attached hydrogen (secondary N) is 1. The van der Waals surface area contributed by atoms with Crippen LogP contribution in [0.1, 0.15) is 32.6 Å². The van der Waals surface area contributed by atoms with E-state index in [0.717, 1.165) is 0 Å². The van der Waals surface area contributed by atoms with Gasteiger partial charge in [0.25, 0.3) is 0 Å². The molecule has 1 nitrogen and oxygen atoms in total. The highest BCUT2D eigenvalue weighted by molar-refractivity contribution is 5.14. The van der Waals surface area contributed by atoms with Crippen molar-refractivity contribution < 1.29 is 74.6 Å². The van der Waals surface area contributed by atoms with Gasteiger partial charge in [0.2, 0.25) is 0 Å². The van der Waals surface area contributed by atoms with Gasteiger partial charge in [-0.05, 0) is 6.42 Å². The zero-order valence-corrected chi connectivity index (χ0v) is 15.5. The lowest BCUT2D eigenvalue weighted by Gasteiger charge is -2.42. The molecule has 0 bridgehead atoms. The van der Waals surface area contributed by atoms with Crippen LogP contribution >= 0.6 is 0 Å². The summed E-state index contributed by atoms with van der Waals surface area (Å²) in [4.78, 5) is 0. The summed E-state index contributed by atoms with van der Waals surface area (Å²) in [6.07, 6.45) is -7.46. The topological polar surface area (TPSA) is 12.0 Å². The van der Waals surface area contributed by atoms with Crippen LogP contribution in [0.4, 0.5) is 74.6 Å². The summed E-state index contributed by atoms with van der Waals surface area (Å²) >= 11 is 0. The first-order valence-corrected chi connectivity index (χ1v) is 8.27. The SMILES string of the molecule is CCCCCCNC(F)(F)C(F)(F)C(F)(F)C(F)(F)C(F)(F)C(F)(F)C(F)(F)C(F)(F)F. The maximum Gasteiger partial charge on any atom is 0.460 e. The average Bonchev–Trinajstić information content (AvgIpc) is 2.59. The van der Waals surface area contributed by atoms with E-state index < -0.39 is 60.7 Å². The first-order valence-electron chi connectivity index (χ1n) is 8.27. The van der Waals surface area contributed by atoms with Crippen molar-refractivity contribution in [1.82, 2.24) is 5.32 Å². The van der Waals surface area contributed by atoms with Crippen molar-refractivity contribution in [2.75, 3.05) is 6.54 Å². The molecular formula is C14H14F17N. The summed E-state index contributed by atoms with van der Waals surface area (Å²) in [6, 6.07) is -6.51. The van der Waals surface area contributed by atoms with E-state index in [1.54, 1.807) is 6.92 Å². The smallest absolute Gasteiger partial charge is 0.253 e. The van der Waals surface area contributed by atoms with Gasteiger partial charge in [0, 0.05) is 6.54 Å². The zero-order chi connectivity index (χ0) is 26.2. The summed E-state index contributed by atoms with van der Waals surface area (Å²) in [7, 11) is 0. The van der Waals surface area contributed by atoms with Gasteiger partial charge >= 0.3 is 47.8 Å². The number of halogens is 17. The number of alkyl halides is 17. The molecule has 1 N–H and O–H groups in total. The lowest BCUT2D eigenvalue weighted by atomic mass is 9.90. The van der Waals surface area contributed by atoms with Crippen LogP contribution in [0.15, 0.2) is 0 Å². The second kappa shape index (κ2) is 8.85. The van der Waals surface area contributed by atoms with Gasteiger partial charge in [0.15, 0.2) is 0 Å². The van der Waals surface area contributed by atoms with Crippen molar-refractivity contribution in [3.05, 3.63) is 0 Å². The van der Waals surface area contributed by atoms with Crippen LogP contribution in [0.3, 0.4) is 0 Å². The fourth-order valence-electron chi connectivity index (χ4n) is 2.07. The van der Waals surface area contributed by atoms with Gasteiger partial charge in [-0.2, -0.15) is 74.6 Å². The Morgan fingerprint density at radius 1 is 0.438 bits per heavy atom. The maximum atomic E-state index is 13.5. The number of unbranched alkanes of at least 4 members (excludes halogenated alkanes) is 3. The normalized spacial score (nSPS) is 15.9. The fraction of sp³-hybridized carbons (Fsp3) is 1.00. The molecule has 18 heteroatoms. The second-order valence-corrected chi connectivity index (χ2v) is 6.51. The van der Waals surface area contributed by atoms with Gasteiger partial charge in [0.05, 0.1) is 0 Å². The van der Waals surface area contributed by atoms with Crippen molar-refractivity contribution >= 4 is 0 Å². The molecule has 0 aliphatic carbocycles. The standard InChI is InChI=1S/C14H14F17N/c1-2-3-4-5-6-32-14(30,31)12(25,26)10(21,22)8(17,18)7(15,16)9(19,20)11(23,24)13(27,28)29/h32H,2-6H2,1H3. The van der Waals surface area contributed by atoms with E-state index in [-0.39, 0.29) is 6.42 Å². The predicted octanol–water partition coefficient (Wildman–Crippen LogP) is 7.12. The van der Waals surface area contributed by atoms with Crippen LogP contribution in [-0.2, 0) is 0 Å². The minimum atomic E-state index is -8.59. The van der Waals surface area contributed by atoms with Crippen LogP contribution in [-0.4, -0.2) is 54.3 Å². The van der Waals surface area contributed by atoms with Gasteiger partial charge in [-0.3, -0.25) is 5.32 Å². The molecule has 0 fully saturated rings. The quantitative estimate of drug-likeness (QED) is 0.165. The Hall–Kier alpha value is -1.23. The van der Waals surface area contributed by atoms with Gasteiger partial charge < -0.3 is 0 Å². The van der Waals surface area contributed by atoms with Crippen molar-refractivity contribution in [2.45, 2.75) is 80.4 Å². The Labute approximate surface area is 168 Å². The molecule has 32 heavy (non-hydrogen) atoms. The summed E-state index contributed by atoms with van der Waals surface area (Å²) < 4.78 is 221. The van der Waals surface area contributed by atoms with E-state index in [9.17, 15) is 74.6 Å². The van der Waals surface area contributed by atoms with Crippen molar-refractivity contribution in [2.24, 2.45) is 0 Å². The van der Waals surface area contributed by atoms with Crippen molar-refractivity contribution in [1.29, 1.82) is 0 Å². The van der Waals surface area contributed by atoms with Crippen LogP contribution < -0.4 is 5.32 Å². The summed E-state index contributed by atoms with van der Waals surface area (Å²) in [5.74, 6) is -49.7. The first kappa shape index (κ1) is 30.8. The van der Waals surface area contributed by atoms with Crippen LogP contribution in [0.25, 0.3) is 0 Å². The molecule has 0 aromatic heterocycles. The lowest BCUT2D eigenvalue weighted by molar-refractivity contribution is -0.462. The molecule has 0 saturated heterocycles. The number of rotatable bonds is 12. The molecule has 0 aromatic carbocycles. The summed E-state index contributed by atoms with van der Waals surface area (Å²) in [6.45, 7) is 0.278. The van der Waals surface area contributed by atoms with E-state index in [1.807, 2.05) is 0 Å². The first-order chi connectivity index (χ1) is 13.8. The van der Waals surface area contributed by atoms with E-state index in [2.05, 4.69) is 0 Å². The fourth-order valence-corrected chi connectivity index (χ4v) is 2.07. The molecule has 0 unspecified atom stereocenters. The molecule has 194 valence electrons. The van der Waals surface area contributed by atoms with E-state index in [4.69, 9.17) is 0 Å². The van der Waals surface area contributed by atoms with Gasteiger partial charge in [0.1, 0.15) is 0 Å². The van der Waals surface area contributed by atoms with Crippen LogP contribution in [0, 0.1) is 0 Å². The third kappa shape index (κ3) is 4.56. The van der Waals surface area contributed by atoms with Crippen molar-refractivity contribution in [3.8, 4) is 0 Å². The summed E-state index contributed by atoms with van der Waals surface area (Å²) in [5.41, 5.74) is 0. The second-order valence-electron chi connectivity index (χ2n) is 6.51. The van der Waals surface area contributed by atoms with E-state index in [1.165, 1.54) is 0 Å². The third-order valence-electron chi connectivity index (χ3n) is 4.10. The summed E-state index contributed by atoms with van der Waals surface area (Å²) in [5, 5.41) is 0.324. The molecule has 0 aliphatic heterocycles. The highest BCUT2D eigenvalue weighted by atomic mass is 19.4. The maximum absolute atomic E-state index is 13.5. The van der Waals surface area contributed by atoms with Crippen LogP contribution in [0.2, 0.25) is 0 Å². The molecule has 0 atom stereocenters. The monoisotopic (exact) mass is 519 g/mol. The molecule has 0 rings (SSSR count). The van der Waals surface area contributed by atoms with Gasteiger partial charge in [-0.1, -0.05) is 26.2 Å². The largest absolute Gasteiger partial charge is 0.460 e. The van der Waals surface area contributed by atoms with Gasteiger partial charge in [-0.25, -0.2) is 0 Å². The highest BCUT2D eigenvalue weighted by Crippen LogP contribution is 2.63. The number of hydrogen-bond donors (Lipinski definition) is 1. The molecule has 0 spiro atoms. The van der Waals surface area contributed by atoms with Crippen LogP contribution in [0.5, 0.6) is 0 Å². The Balaban J connectivity index is 6.25. The Kier molecular flexibility index (Phi) is 8.51. The van der Waals surface area contributed by atoms with Crippen molar-refractivity contribution in [3.63, 3.8) is 0 Å². The predicted molar refractivity (Wildman–Crippen MR) is 72.8 cm³/mol. The Bertz CT molecular complexity index is 621. The van der Waals surface area contributed by atoms with E-state index in [0.29, 0.717) is 18.2 Å². The minimum absolute atomic E-state index is 0.00845. The molecule has 0 amide bonds. The molecule has 0 heterocycles. The highest BCUT2D eigenvalue weighted by Gasteiger charge is 2.95. The average molecular weight is 519 g/mol. The lowest BCUT2D eigenvalue weighted by Crippen LogP contribution is -2.75. The Morgan fingerprint density at radius 3 is 1.12 bits per heavy atom. The molecule has 0 saturated carbocycles.